The van der Waals surface area contributed by atoms with Crippen LogP contribution in [0.4, 0.5) is 10.5 Å². The van der Waals surface area contributed by atoms with E-state index >= 15 is 0 Å². The Morgan fingerprint density at radius 2 is 1.81 bits per heavy atom. The van der Waals surface area contributed by atoms with Crippen molar-refractivity contribution in [3.63, 3.8) is 0 Å². The summed E-state index contributed by atoms with van der Waals surface area (Å²) in [5.74, 6) is -0.127. The molecule has 1 saturated heterocycles. The van der Waals surface area contributed by atoms with Gasteiger partial charge in [-0.25, -0.2) is 9.48 Å². The molecule has 0 aliphatic carbocycles. The van der Waals surface area contributed by atoms with Crippen LogP contribution in [0, 0.1) is 0 Å². The fourth-order valence-electron chi connectivity index (χ4n) is 3.42. The number of hydrogen-bond donors (Lipinski definition) is 3. The quantitative estimate of drug-likeness (QED) is 0.548. The van der Waals surface area contributed by atoms with Crippen molar-refractivity contribution in [2.75, 3.05) is 11.9 Å². The van der Waals surface area contributed by atoms with Gasteiger partial charge in [0, 0.05) is 37.8 Å². The lowest BCUT2D eigenvalue weighted by molar-refractivity contribution is -0.124. The van der Waals surface area contributed by atoms with Crippen molar-refractivity contribution in [2.24, 2.45) is 0 Å². The molecule has 1 unspecified atom stereocenters. The van der Waals surface area contributed by atoms with Crippen molar-refractivity contribution in [1.29, 1.82) is 0 Å². The van der Waals surface area contributed by atoms with E-state index < -0.39 is 0 Å². The van der Waals surface area contributed by atoms with Crippen LogP contribution in [-0.4, -0.2) is 34.4 Å². The third-order valence-corrected chi connectivity index (χ3v) is 5.00. The summed E-state index contributed by atoms with van der Waals surface area (Å²) in [7, 11) is 0. The first-order chi connectivity index (χ1) is 15.2. The predicted molar refractivity (Wildman–Crippen MR) is 117 cm³/mol. The van der Waals surface area contributed by atoms with Gasteiger partial charge in [0.25, 0.3) is 5.91 Å². The van der Waals surface area contributed by atoms with Crippen LogP contribution in [0.5, 0.6) is 0 Å². The topological polar surface area (TPSA) is 97.3 Å². The Bertz CT molecular complexity index is 1030. The monoisotopic (exact) mass is 419 g/mol. The van der Waals surface area contributed by atoms with E-state index in [1.165, 1.54) is 0 Å². The molecule has 0 radical (unpaired) electrons. The molecule has 3 amide bonds. The zero-order valence-electron chi connectivity index (χ0n) is 17.1. The SMILES string of the molecule is O=C(NCc1cccc(NC(=O)C2CCCO2)c1)NCc1cccc(-n2cccn2)c1. The van der Waals surface area contributed by atoms with E-state index in [0.717, 1.165) is 29.7 Å². The van der Waals surface area contributed by atoms with Crippen molar-refractivity contribution in [3.8, 4) is 5.69 Å². The van der Waals surface area contributed by atoms with Crippen molar-refractivity contribution in [1.82, 2.24) is 20.4 Å². The summed E-state index contributed by atoms with van der Waals surface area (Å²) in [5, 5.41) is 12.8. The van der Waals surface area contributed by atoms with Crippen molar-refractivity contribution in [3.05, 3.63) is 78.1 Å². The molecule has 2 aromatic carbocycles. The maximum atomic E-state index is 12.2. The smallest absolute Gasteiger partial charge is 0.315 e. The molecule has 8 nitrogen and oxygen atoms in total. The van der Waals surface area contributed by atoms with Gasteiger partial charge in [0.2, 0.25) is 0 Å². The van der Waals surface area contributed by atoms with Crippen LogP contribution in [0.2, 0.25) is 0 Å². The number of amides is 3. The molecule has 8 heteroatoms. The fraction of sp³-hybridized carbons (Fsp3) is 0.261. The molecule has 0 saturated carbocycles. The number of nitrogens with zero attached hydrogens (tertiary/aromatic N) is 2. The molecule has 160 valence electrons. The highest BCUT2D eigenvalue weighted by atomic mass is 16.5. The van der Waals surface area contributed by atoms with Crippen LogP contribution in [0.15, 0.2) is 67.0 Å². The number of carbonyl (C=O) groups is 2. The van der Waals surface area contributed by atoms with Gasteiger partial charge in [-0.2, -0.15) is 5.10 Å². The third-order valence-electron chi connectivity index (χ3n) is 5.00. The van der Waals surface area contributed by atoms with Crippen molar-refractivity contribution in [2.45, 2.75) is 32.0 Å². The van der Waals surface area contributed by atoms with Gasteiger partial charge < -0.3 is 20.7 Å². The van der Waals surface area contributed by atoms with E-state index in [-0.39, 0.29) is 18.0 Å². The number of carbonyl (C=O) groups excluding carboxylic acids is 2. The Balaban J connectivity index is 1.25. The number of aromatic nitrogens is 2. The summed E-state index contributed by atoms with van der Waals surface area (Å²) < 4.78 is 7.18. The molecular formula is C23H25N5O3. The van der Waals surface area contributed by atoms with E-state index in [0.29, 0.717) is 25.4 Å². The minimum atomic E-state index is -0.376. The minimum absolute atomic E-state index is 0.127. The summed E-state index contributed by atoms with van der Waals surface area (Å²) in [6.07, 6.45) is 4.88. The zero-order chi connectivity index (χ0) is 21.5. The predicted octanol–water partition coefficient (Wildman–Crippen LogP) is 2.99. The van der Waals surface area contributed by atoms with E-state index in [4.69, 9.17) is 4.74 Å². The molecule has 1 atom stereocenters. The maximum Gasteiger partial charge on any atom is 0.315 e. The summed E-state index contributed by atoms with van der Waals surface area (Å²) in [5.41, 5.74) is 3.49. The van der Waals surface area contributed by atoms with Crippen LogP contribution in [0.25, 0.3) is 5.69 Å². The highest BCUT2D eigenvalue weighted by molar-refractivity contribution is 5.94. The van der Waals surface area contributed by atoms with Crippen LogP contribution in [-0.2, 0) is 22.6 Å². The molecule has 1 aromatic heterocycles. The number of anilines is 1. The van der Waals surface area contributed by atoms with E-state index in [1.54, 1.807) is 10.9 Å². The lowest BCUT2D eigenvalue weighted by Gasteiger charge is -2.12. The van der Waals surface area contributed by atoms with Crippen LogP contribution in [0.1, 0.15) is 24.0 Å². The molecule has 4 rings (SSSR count). The Morgan fingerprint density at radius 1 is 1.03 bits per heavy atom. The number of benzene rings is 2. The molecular weight excluding hydrogens is 394 g/mol. The number of nitrogens with one attached hydrogen (secondary N) is 3. The first-order valence-corrected chi connectivity index (χ1v) is 10.3. The van der Waals surface area contributed by atoms with Crippen LogP contribution < -0.4 is 16.0 Å². The first-order valence-electron chi connectivity index (χ1n) is 10.3. The Kier molecular flexibility index (Phi) is 6.59. The summed E-state index contributed by atoms with van der Waals surface area (Å²) in [4.78, 5) is 24.4. The molecule has 0 bridgehead atoms. The second kappa shape index (κ2) is 9.90. The lowest BCUT2D eigenvalue weighted by Crippen LogP contribution is -2.34. The molecule has 1 aliphatic heterocycles. The van der Waals surface area contributed by atoms with Gasteiger partial charge in [0.1, 0.15) is 6.10 Å². The minimum Gasteiger partial charge on any atom is -0.368 e. The average Bonchev–Trinajstić information content (AvgIpc) is 3.51. The number of hydrogen-bond acceptors (Lipinski definition) is 4. The Hall–Kier alpha value is -3.65. The number of rotatable bonds is 7. The second-order valence-electron chi connectivity index (χ2n) is 7.35. The number of ether oxygens (including phenoxy) is 1. The molecule has 0 spiro atoms. The van der Waals surface area contributed by atoms with E-state index in [9.17, 15) is 9.59 Å². The molecule has 3 N–H and O–H groups in total. The average molecular weight is 419 g/mol. The number of urea groups is 1. The summed E-state index contributed by atoms with van der Waals surface area (Å²) >= 11 is 0. The van der Waals surface area contributed by atoms with Crippen LogP contribution >= 0.6 is 0 Å². The van der Waals surface area contributed by atoms with Gasteiger partial charge in [0.05, 0.1) is 5.69 Å². The lowest BCUT2D eigenvalue weighted by atomic mass is 10.2. The molecule has 31 heavy (non-hydrogen) atoms. The standard InChI is InChI=1S/C23H25N5O3/c29-22(21-9-3-12-31-21)27-19-7-1-5-17(13-19)15-24-23(30)25-16-18-6-2-8-20(14-18)28-11-4-10-26-28/h1-2,4-8,10-11,13-14,21H,3,9,12,15-16H2,(H,27,29)(H2,24,25,30). The first kappa shape index (κ1) is 20.6. The Labute approximate surface area is 180 Å². The van der Waals surface area contributed by atoms with Gasteiger partial charge in [-0.3, -0.25) is 4.79 Å². The molecule has 1 fully saturated rings. The third kappa shape index (κ3) is 5.70. The highest BCUT2D eigenvalue weighted by Crippen LogP contribution is 2.16. The maximum absolute atomic E-state index is 12.2. The fourth-order valence-corrected chi connectivity index (χ4v) is 3.42. The zero-order valence-corrected chi connectivity index (χ0v) is 17.1. The summed E-state index contributed by atoms with van der Waals surface area (Å²) in [6, 6.07) is 16.8. The van der Waals surface area contributed by atoms with Gasteiger partial charge in [-0.15, -0.1) is 0 Å². The highest BCUT2D eigenvalue weighted by Gasteiger charge is 2.23. The van der Waals surface area contributed by atoms with E-state index in [1.807, 2.05) is 60.8 Å². The van der Waals surface area contributed by atoms with Crippen molar-refractivity contribution < 1.29 is 14.3 Å². The molecule has 3 aromatic rings. The van der Waals surface area contributed by atoms with Gasteiger partial charge in [-0.1, -0.05) is 24.3 Å². The van der Waals surface area contributed by atoms with Gasteiger partial charge in [0.15, 0.2) is 0 Å². The normalized spacial score (nSPS) is 15.4. The second-order valence-corrected chi connectivity index (χ2v) is 7.35. The van der Waals surface area contributed by atoms with Gasteiger partial charge in [-0.05, 0) is 54.3 Å². The van der Waals surface area contributed by atoms with E-state index in [2.05, 4.69) is 21.0 Å². The Morgan fingerprint density at radius 3 is 2.52 bits per heavy atom. The summed E-state index contributed by atoms with van der Waals surface area (Å²) in [6.45, 7) is 1.38. The molecule has 2 heterocycles. The largest absolute Gasteiger partial charge is 0.368 e. The van der Waals surface area contributed by atoms with Gasteiger partial charge >= 0.3 is 6.03 Å². The van der Waals surface area contributed by atoms with Crippen molar-refractivity contribution >= 4 is 17.6 Å². The molecule has 1 aliphatic rings. The van der Waals surface area contributed by atoms with Crippen LogP contribution in [0.3, 0.4) is 0 Å².